The maximum Gasteiger partial charge on any atom is 0.257 e. The van der Waals surface area contributed by atoms with Crippen molar-refractivity contribution in [2.75, 3.05) is 18.4 Å². The van der Waals surface area contributed by atoms with Gasteiger partial charge < -0.3 is 4.74 Å². The van der Waals surface area contributed by atoms with Crippen LogP contribution < -0.4 is 5.32 Å². The number of carbonyl (C=O) groups is 1. The number of aromatic nitrogens is 1. The van der Waals surface area contributed by atoms with Crippen molar-refractivity contribution in [2.24, 2.45) is 0 Å². The topological polar surface area (TPSA) is 88.6 Å². The summed E-state index contributed by atoms with van der Waals surface area (Å²) in [5.41, 5.74) is 1.49. The lowest BCUT2D eigenvalue weighted by molar-refractivity contribution is -0.0440. The molecule has 0 unspecified atom stereocenters. The lowest BCUT2D eigenvalue weighted by atomic mass is 10.0. The third-order valence-electron chi connectivity index (χ3n) is 5.21. The number of hydrogen-bond donors (Lipinski definition) is 1. The Kier molecular flexibility index (Phi) is 5.74. The molecular formula is C20H25N3O4S2. The normalized spacial score (nSPS) is 22.8. The van der Waals surface area contributed by atoms with Crippen molar-refractivity contribution in [2.45, 2.75) is 56.6 Å². The van der Waals surface area contributed by atoms with Crippen LogP contribution in [0.25, 0.3) is 0 Å². The van der Waals surface area contributed by atoms with E-state index < -0.39 is 10.0 Å². The number of nitrogens with zero attached hydrogens (tertiary/aromatic N) is 2. The molecule has 1 amide bonds. The second-order valence-corrected chi connectivity index (χ2v) is 10.7. The summed E-state index contributed by atoms with van der Waals surface area (Å²) in [7, 11) is -3.62. The largest absolute Gasteiger partial charge is 0.373 e. The van der Waals surface area contributed by atoms with Gasteiger partial charge in [-0.15, -0.1) is 11.3 Å². The Morgan fingerprint density at radius 3 is 2.45 bits per heavy atom. The van der Waals surface area contributed by atoms with E-state index >= 15 is 0 Å². The fraction of sp³-hybridized carbons (Fsp3) is 0.500. The van der Waals surface area contributed by atoms with Crippen molar-refractivity contribution in [1.29, 1.82) is 0 Å². The molecule has 2 heterocycles. The van der Waals surface area contributed by atoms with E-state index in [-0.39, 0.29) is 23.0 Å². The molecule has 1 aromatic carbocycles. The van der Waals surface area contributed by atoms with Gasteiger partial charge in [0.15, 0.2) is 5.13 Å². The SMILES string of the molecule is C[C@@H]1CN(S(=O)(=O)c2ccc(C(=O)Nc3nc4c(s3)CCCC4)cc2)C[C@@H](C)O1. The number of carbonyl (C=O) groups excluding carboxylic acids is 1. The van der Waals surface area contributed by atoms with Crippen LogP contribution in [-0.2, 0) is 27.6 Å². The zero-order valence-corrected chi connectivity index (χ0v) is 18.2. The standard InChI is InChI=1S/C20H25N3O4S2/c1-13-11-23(12-14(2)27-13)29(25,26)16-9-7-15(8-10-16)19(24)22-20-21-17-5-3-4-6-18(17)28-20/h7-10,13-14H,3-6,11-12H2,1-2H3,(H,21,22,24)/t13-,14-/m1/s1. The number of anilines is 1. The third-order valence-corrected chi connectivity index (χ3v) is 8.13. The van der Waals surface area contributed by atoms with Crippen molar-refractivity contribution >= 4 is 32.4 Å². The van der Waals surface area contributed by atoms with Gasteiger partial charge in [-0.1, -0.05) is 0 Å². The zero-order valence-electron chi connectivity index (χ0n) is 16.6. The molecule has 2 aromatic rings. The highest BCUT2D eigenvalue weighted by Crippen LogP contribution is 2.30. The first-order chi connectivity index (χ1) is 13.8. The molecule has 0 radical (unpaired) electrons. The number of amides is 1. The monoisotopic (exact) mass is 435 g/mol. The van der Waals surface area contributed by atoms with E-state index in [1.807, 2.05) is 13.8 Å². The number of rotatable bonds is 4. The Hall–Kier alpha value is -1.81. The maximum atomic E-state index is 12.9. The van der Waals surface area contributed by atoms with Crippen LogP contribution in [0.4, 0.5) is 5.13 Å². The summed E-state index contributed by atoms with van der Waals surface area (Å²) in [5.74, 6) is -0.284. The predicted octanol–water partition coefficient (Wildman–Crippen LogP) is 3.07. The summed E-state index contributed by atoms with van der Waals surface area (Å²) in [4.78, 5) is 18.5. The molecule has 1 N–H and O–H groups in total. The summed E-state index contributed by atoms with van der Waals surface area (Å²) >= 11 is 1.53. The van der Waals surface area contributed by atoms with Gasteiger partial charge >= 0.3 is 0 Å². The van der Waals surface area contributed by atoms with Crippen LogP contribution in [0.5, 0.6) is 0 Å². The van der Waals surface area contributed by atoms with Crippen LogP contribution in [0.15, 0.2) is 29.2 Å². The summed E-state index contributed by atoms with van der Waals surface area (Å²) < 4.78 is 32.9. The highest BCUT2D eigenvalue weighted by Gasteiger charge is 2.32. The Morgan fingerprint density at radius 2 is 1.79 bits per heavy atom. The second-order valence-electron chi connectivity index (χ2n) is 7.65. The van der Waals surface area contributed by atoms with Crippen LogP contribution in [0.3, 0.4) is 0 Å². The number of aryl methyl sites for hydroxylation is 2. The lowest BCUT2D eigenvalue weighted by Gasteiger charge is -2.34. The minimum absolute atomic E-state index is 0.150. The summed E-state index contributed by atoms with van der Waals surface area (Å²) in [6.45, 7) is 4.37. The Balaban J connectivity index is 1.47. The lowest BCUT2D eigenvalue weighted by Crippen LogP contribution is -2.48. The molecule has 2 aliphatic rings. The van der Waals surface area contributed by atoms with Gasteiger partial charge in [0.2, 0.25) is 10.0 Å². The molecule has 1 aromatic heterocycles. The van der Waals surface area contributed by atoms with Crippen LogP contribution in [0, 0.1) is 0 Å². The first kappa shape index (κ1) is 20.5. The van der Waals surface area contributed by atoms with E-state index in [0.29, 0.717) is 23.8 Å². The molecule has 0 spiro atoms. The molecule has 0 saturated carbocycles. The molecule has 1 aliphatic heterocycles. The van der Waals surface area contributed by atoms with Crippen LogP contribution in [0.1, 0.15) is 47.6 Å². The van der Waals surface area contributed by atoms with Crippen molar-refractivity contribution < 1.29 is 17.9 Å². The number of benzene rings is 1. The minimum atomic E-state index is -3.62. The Morgan fingerprint density at radius 1 is 1.14 bits per heavy atom. The van der Waals surface area contributed by atoms with E-state index in [4.69, 9.17) is 4.74 Å². The fourth-order valence-corrected chi connectivity index (χ4v) is 6.46. The molecule has 7 nitrogen and oxygen atoms in total. The molecule has 0 bridgehead atoms. The maximum absolute atomic E-state index is 12.9. The molecular weight excluding hydrogens is 410 g/mol. The Bertz CT molecular complexity index is 968. The molecule has 2 atom stereocenters. The molecule has 1 fully saturated rings. The number of fused-ring (bicyclic) bond motifs is 1. The van der Waals surface area contributed by atoms with E-state index in [1.54, 1.807) is 12.1 Å². The average molecular weight is 436 g/mol. The van der Waals surface area contributed by atoms with Gasteiger partial charge in [0.1, 0.15) is 0 Å². The second kappa shape index (κ2) is 8.14. The molecule has 4 rings (SSSR count). The number of hydrogen-bond acceptors (Lipinski definition) is 6. The van der Waals surface area contributed by atoms with Crippen LogP contribution in [-0.4, -0.2) is 48.9 Å². The van der Waals surface area contributed by atoms with Crippen LogP contribution >= 0.6 is 11.3 Å². The molecule has 9 heteroatoms. The van der Waals surface area contributed by atoms with Crippen molar-refractivity contribution in [1.82, 2.24) is 9.29 Å². The van der Waals surface area contributed by atoms with Gasteiger partial charge in [0.25, 0.3) is 5.91 Å². The smallest absolute Gasteiger partial charge is 0.257 e. The summed E-state index contributed by atoms with van der Waals surface area (Å²) in [6.07, 6.45) is 3.99. The van der Waals surface area contributed by atoms with Gasteiger partial charge in [-0.3, -0.25) is 10.1 Å². The van der Waals surface area contributed by atoms with Gasteiger partial charge in [-0.25, -0.2) is 13.4 Å². The Labute approximate surface area is 175 Å². The average Bonchev–Trinajstić information content (AvgIpc) is 3.09. The zero-order chi connectivity index (χ0) is 20.6. The fourth-order valence-electron chi connectivity index (χ4n) is 3.83. The number of nitrogens with one attached hydrogen (secondary N) is 1. The van der Waals surface area contributed by atoms with Gasteiger partial charge in [0.05, 0.1) is 22.8 Å². The minimum Gasteiger partial charge on any atom is -0.373 e. The van der Waals surface area contributed by atoms with Crippen molar-refractivity contribution in [3.63, 3.8) is 0 Å². The quantitative estimate of drug-likeness (QED) is 0.797. The highest BCUT2D eigenvalue weighted by molar-refractivity contribution is 7.89. The first-order valence-corrected chi connectivity index (χ1v) is 12.1. The van der Waals surface area contributed by atoms with Gasteiger partial charge in [-0.05, 0) is 63.8 Å². The summed E-state index contributed by atoms with van der Waals surface area (Å²) in [5, 5.41) is 3.45. The number of morpholine rings is 1. The van der Waals surface area contributed by atoms with Gasteiger partial charge in [0, 0.05) is 23.5 Å². The van der Waals surface area contributed by atoms with Crippen molar-refractivity contribution in [3.8, 4) is 0 Å². The molecule has 1 saturated heterocycles. The van der Waals surface area contributed by atoms with E-state index in [9.17, 15) is 13.2 Å². The van der Waals surface area contributed by atoms with Gasteiger partial charge in [-0.2, -0.15) is 4.31 Å². The van der Waals surface area contributed by atoms with Crippen LogP contribution in [0.2, 0.25) is 0 Å². The number of ether oxygens (including phenoxy) is 1. The predicted molar refractivity (Wildman–Crippen MR) is 112 cm³/mol. The van der Waals surface area contributed by atoms with Crippen molar-refractivity contribution in [3.05, 3.63) is 40.4 Å². The summed E-state index contributed by atoms with van der Waals surface area (Å²) in [6, 6.07) is 6.07. The number of thiazole rings is 1. The van der Waals surface area contributed by atoms with E-state index in [0.717, 1.165) is 25.0 Å². The molecule has 156 valence electrons. The molecule has 1 aliphatic carbocycles. The number of sulfonamides is 1. The van der Waals surface area contributed by atoms with E-state index in [2.05, 4.69) is 10.3 Å². The van der Waals surface area contributed by atoms with E-state index in [1.165, 1.54) is 39.1 Å². The first-order valence-electron chi connectivity index (χ1n) is 9.88. The third kappa shape index (κ3) is 4.37. The molecule has 29 heavy (non-hydrogen) atoms. The highest BCUT2D eigenvalue weighted by atomic mass is 32.2.